The number of hydrogen-bond donors (Lipinski definition) is 2. The van der Waals surface area contributed by atoms with E-state index in [1.807, 2.05) is 0 Å². The first-order valence-corrected chi connectivity index (χ1v) is 5.94. The summed E-state index contributed by atoms with van der Waals surface area (Å²) in [5.41, 5.74) is 0.528. The maximum Gasteiger partial charge on any atom is 0.163 e. The van der Waals surface area contributed by atoms with E-state index in [0.717, 1.165) is 0 Å². The summed E-state index contributed by atoms with van der Waals surface area (Å²) in [7, 11) is 0. The lowest BCUT2D eigenvalue weighted by Crippen LogP contribution is -2.35. The number of hydrogen-bond acceptors (Lipinski definition) is 5. The van der Waals surface area contributed by atoms with Crippen molar-refractivity contribution in [3.8, 4) is 17.2 Å². The van der Waals surface area contributed by atoms with Crippen molar-refractivity contribution in [1.82, 2.24) is 4.98 Å². The number of aromatic hydroxyl groups is 1. The average Bonchev–Trinajstić information content (AvgIpc) is 2.44. The summed E-state index contributed by atoms with van der Waals surface area (Å²) in [5, 5.41) is 19.7. The second kappa shape index (κ2) is 4.78. The summed E-state index contributed by atoms with van der Waals surface area (Å²) in [4.78, 5) is 3.95. The summed E-state index contributed by atoms with van der Waals surface area (Å²) in [5.74, 6) is 1.22. The molecule has 19 heavy (non-hydrogen) atoms. The van der Waals surface area contributed by atoms with Crippen LogP contribution in [0.2, 0.25) is 0 Å². The molecule has 1 aromatic heterocycles. The van der Waals surface area contributed by atoms with Crippen LogP contribution in [0.1, 0.15) is 11.7 Å². The molecular weight excluding hydrogens is 246 g/mol. The average molecular weight is 259 g/mol. The molecule has 2 aromatic rings. The fourth-order valence-corrected chi connectivity index (χ4v) is 2.05. The predicted octanol–water partition coefficient (Wildman–Crippen LogP) is 1.66. The molecule has 2 N–H and O–H groups in total. The molecule has 0 aliphatic carbocycles. The molecule has 5 heteroatoms. The number of rotatable bonds is 2. The van der Waals surface area contributed by atoms with Crippen molar-refractivity contribution < 1.29 is 19.7 Å². The van der Waals surface area contributed by atoms with Crippen molar-refractivity contribution in [2.75, 3.05) is 6.61 Å². The van der Waals surface area contributed by atoms with E-state index < -0.39 is 12.2 Å². The second-order valence-corrected chi connectivity index (χ2v) is 4.32. The Bertz CT molecular complexity index is 573. The number of aromatic nitrogens is 1. The number of fused-ring (bicyclic) bond motifs is 1. The smallest absolute Gasteiger partial charge is 0.163 e. The Balaban J connectivity index is 1.83. The lowest BCUT2D eigenvalue weighted by Gasteiger charge is -2.30. The lowest BCUT2D eigenvalue weighted by molar-refractivity contribution is -0.0105. The van der Waals surface area contributed by atoms with Crippen LogP contribution in [0.5, 0.6) is 17.2 Å². The van der Waals surface area contributed by atoms with E-state index in [0.29, 0.717) is 17.1 Å². The summed E-state index contributed by atoms with van der Waals surface area (Å²) >= 11 is 0. The molecule has 3 rings (SSSR count). The standard InChI is InChI=1S/C14H13NO4/c16-9-3-4-12-11(6-9)14(17)13(8-18-12)19-10-2-1-5-15-7-10/h1-7,13-14,16-17H,8H2/t13-,14+/m1/s1. The molecule has 98 valence electrons. The molecule has 0 unspecified atom stereocenters. The van der Waals surface area contributed by atoms with Gasteiger partial charge in [-0.15, -0.1) is 0 Å². The quantitative estimate of drug-likeness (QED) is 0.858. The van der Waals surface area contributed by atoms with Gasteiger partial charge in [-0.3, -0.25) is 4.98 Å². The van der Waals surface area contributed by atoms with Crippen molar-refractivity contribution >= 4 is 0 Å². The third-order valence-corrected chi connectivity index (χ3v) is 2.99. The number of nitrogens with zero attached hydrogens (tertiary/aromatic N) is 1. The van der Waals surface area contributed by atoms with Gasteiger partial charge in [0.05, 0.1) is 6.20 Å². The first kappa shape index (κ1) is 11.8. The summed E-state index contributed by atoms with van der Waals surface area (Å²) in [6, 6.07) is 8.16. The number of phenols is 1. The number of benzene rings is 1. The van der Waals surface area contributed by atoms with Crippen molar-refractivity contribution in [2.24, 2.45) is 0 Å². The van der Waals surface area contributed by atoms with Gasteiger partial charge in [-0.25, -0.2) is 0 Å². The fourth-order valence-electron chi connectivity index (χ4n) is 2.05. The number of aliphatic hydroxyl groups excluding tert-OH is 1. The van der Waals surface area contributed by atoms with Gasteiger partial charge in [0.25, 0.3) is 0 Å². The highest BCUT2D eigenvalue weighted by atomic mass is 16.5. The zero-order chi connectivity index (χ0) is 13.2. The third kappa shape index (κ3) is 2.32. The maximum absolute atomic E-state index is 10.3. The van der Waals surface area contributed by atoms with Gasteiger partial charge in [-0.1, -0.05) is 0 Å². The van der Waals surface area contributed by atoms with Gasteiger partial charge in [-0.2, -0.15) is 0 Å². The Kier molecular flexibility index (Phi) is 2.97. The minimum Gasteiger partial charge on any atom is -0.508 e. The van der Waals surface area contributed by atoms with Gasteiger partial charge < -0.3 is 19.7 Å². The molecule has 0 fully saturated rings. The second-order valence-electron chi connectivity index (χ2n) is 4.32. The molecular formula is C14H13NO4. The van der Waals surface area contributed by atoms with Crippen molar-refractivity contribution in [1.29, 1.82) is 0 Å². The van der Waals surface area contributed by atoms with Gasteiger partial charge in [-0.05, 0) is 30.3 Å². The first-order chi connectivity index (χ1) is 9.24. The Labute approximate surface area is 110 Å². The predicted molar refractivity (Wildman–Crippen MR) is 67.2 cm³/mol. The molecule has 0 saturated heterocycles. The number of pyridine rings is 1. The van der Waals surface area contributed by atoms with Crippen LogP contribution < -0.4 is 9.47 Å². The zero-order valence-corrected chi connectivity index (χ0v) is 10.1. The molecule has 0 amide bonds. The molecule has 0 radical (unpaired) electrons. The number of aliphatic hydroxyl groups is 1. The van der Waals surface area contributed by atoms with Crippen molar-refractivity contribution in [2.45, 2.75) is 12.2 Å². The van der Waals surface area contributed by atoms with E-state index in [2.05, 4.69) is 4.98 Å². The van der Waals surface area contributed by atoms with Gasteiger partial charge in [0.15, 0.2) is 6.10 Å². The van der Waals surface area contributed by atoms with Gasteiger partial charge in [0, 0.05) is 11.8 Å². The van der Waals surface area contributed by atoms with Crippen LogP contribution in [0.4, 0.5) is 0 Å². The minimum absolute atomic E-state index is 0.0865. The number of ether oxygens (including phenoxy) is 2. The molecule has 2 atom stereocenters. The Morgan fingerprint density at radius 1 is 1.32 bits per heavy atom. The van der Waals surface area contributed by atoms with Crippen LogP contribution >= 0.6 is 0 Å². The van der Waals surface area contributed by atoms with Crippen molar-refractivity contribution in [3.05, 3.63) is 48.3 Å². The van der Waals surface area contributed by atoms with Crippen molar-refractivity contribution in [3.63, 3.8) is 0 Å². The van der Waals surface area contributed by atoms with E-state index >= 15 is 0 Å². The zero-order valence-electron chi connectivity index (χ0n) is 10.1. The van der Waals surface area contributed by atoms with Crippen LogP contribution in [0.3, 0.4) is 0 Å². The minimum atomic E-state index is -0.851. The van der Waals surface area contributed by atoms with E-state index in [9.17, 15) is 10.2 Å². The van der Waals surface area contributed by atoms with E-state index in [4.69, 9.17) is 9.47 Å². The molecule has 1 aromatic carbocycles. The van der Waals surface area contributed by atoms with Crippen LogP contribution in [0.15, 0.2) is 42.7 Å². The topological polar surface area (TPSA) is 71.8 Å². The highest BCUT2D eigenvalue weighted by molar-refractivity contribution is 5.43. The molecule has 1 aliphatic heterocycles. The normalized spacial score (nSPS) is 21.3. The fraction of sp³-hybridized carbons (Fsp3) is 0.214. The molecule has 0 saturated carbocycles. The van der Waals surface area contributed by atoms with Crippen LogP contribution in [0, 0.1) is 0 Å². The maximum atomic E-state index is 10.3. The third-order valence-electron chi connectivity index (χ3n) is 2.99. The summed E-state index contributed by atoms with van der Waals surface area (Å²) in [6.45, 7) is 0.244. The van der Waals surface area contributed by atoms with E-state index in [1.54, 1.807) is 30.6 Å². The first-order valence-electron chi connectivity index (χ1n) is 5.94. The Morgan fingerprint density at radius 2 is 2.21 bits per heavy atom. The molecule has 2 heterocycles. The molecule has 0 spiro atoms. The monoisotopic (exact) mass is 259 g/mol. The highest BCUT2D eigenvalue weighted by Gasteiger charge is 2.31. The molecule has 0 bridgehead atoms. The van der Waals surface area contributed by atoms with Crippen LogP contribution in [-0.2, 0) is 0 Å². The van der Waals surface area contributed by atoms with E-state index in [-0.39, 0.29) is 12.4 Å². The van der Waals surface area contributed by atoms with Crippen LogP contribution in [0.25, 0.3) is 0 Å². The van der Waals surface area contributed by atoms with Gasteiger partial charge in [0.1, 0.15) is 30.0 Å². The lowest BCUT2D eigenvalue weighted by atomic mass is 10.0. The van der Waals surface area contributed by atoms with Gasteiger partial charge in [0.2, 0.25) is 0 Å². The Hall–Kier alpha value is -2.27. The summed E-state index contributed by atoms with van der Waals surface area (Å²) < 4.78 is 11.2. The molecule has 5 nitrogen and oxygen atoms in total. The van der Waals surface area contributed by atoms with Gasteiger partial charge >= 0.3 is 0 Å². The van der Waals surface area contributed by atoms with E-state index in [1.165, 1.54) is 12.1 Å². The molecule has 1 aliphatic rings. The SMILES string of the molecule is Oc1ccc2c(c1)[C@H](O)[C@H](Oc1cccnc1)CO2. The summed E-state index contributed by atoms with van der Waals surface area (Å²) in [6.07, 6.45) is 1.84. The van der Waals surface area contributed by atoms with Crippen LogP contribution in [-0.4, -0.2) is 27.9 Å². The largest absolute Gasteiger partial charge is 0.508 e. The highest BCUT2D eigenvalue weighted by Crippen LogP contribution is 2.35. The Morgan fingerprint density at radius 3 is 3.00 bits per heavy atom. The number of phenolic OH excluding ortho intramolecular Hbond substituents is 1.